The molecule has 21 heavy (non-hydrogen) atoms. The van der Waals surface area contributed by atoms with Crippen molar-refractivity contribution >= 4 is 17.2 Å². The van der Waals surface area contributed by atoms with Gasteiger partial charge in [0, 0.05) is 24.5 Å². The highest BCUT2D eigenvalue weighted by atomic mass is 32.1. The van der Waals surface area contributed by atoms with E-state index in [1.54, 1.807) is 0 Å². The van der Waals surface area contributed by atoms with Gasteiger partial charge in [-0.2, -0.15) is 0 Å². The molecule has 0 bridgehead atoms. The van der Waals surface area contributed by atoms with Gasteiger partial charge >= 0.3 is 0 Å². The van der Waals surface area contributed by atoms with E-state index in [0.717, 1.165) is 32.5 Å². The number of fused-ring (bicyclic) bond motifs is 2. The number of carbonyl (C=O) groups excluding carboxylic acids is 1. The molecule has 0 spiro atoms. The van der Waals surface area contributed by atoms with E-state index < -0.39 is 0 Å². The zero-order valence-corrected chi connectivity index (χ0v) is 12.7. The van der Waals surface area contributed by atoms with Crippen LogP contribution in [-0.4, -0.2) is 23.4 Å². The van der Waals surface area contributed by atoms with Crippen LogP contribution in [0.4, 0.5) is 0 Å². The first kappa shape index (κ1) is 13.0. The van der Waals surface area contributed by atoms with E-state index >= 15 is 0 Å². The van der Waals surface area contributed by atoms with E-state index in [1.807, 2.05) is 16.2 Å². The summed E-state index contributed by atoms with van der Waals surface area (Å²) >= 11 is 1.81. The Morgan fingerprint density at radius 1 is 1.19 bits per heavy atom. The molecule has 1 amide bonds. The number of amides is 1. The Labute approximate surface area is 128 Å². The van der Waals surface area contributed by atoms with Gasteiger partial charge in [-0.15, -0.1) is 11.3 Å². The van der Waals surface area contributed by atoms with Gasteiger partial charge in [-0.25, -0.2) is 0 Å². The molecule has 0 radical (unpaired) electrons. The number of hydrogen-bond donors (Lipinski definition) is 1. The van der Waals surface area contributed by atoms with Gasteiger partial charge in [-0.05, 0) is 41.0 Å². The molecule has 2 aliphatic heterocycles. The zero-order valence-electron chi connectivity index (χ0n) is 11.8. The van der Waals surface area contributed by atoms with Crippen LogP contribution in [0.1, 0.15) is 21.6 Å². The van der Waals surface area contributed by atoms with Crippen LogP contribution in [0, 0.1) is 0 Å². The second-order valence-corrected chi connectivity index (χ2v) is 6.79. The van der Waals surface area contributed by atoms with Gasteiger partial charge in [0.2, 0.25) is 5.91 Å². The summed E-state index contributed by atoms with van der Waals surface area (Å²) in [5.74, 6) is 0.251. The Hall–Kier alpha value is -1.65. The standard InChI is InChI=1S/C17H18N2OS/c20-17(19-7-5-16-14(11-19)6-8-21-16)15-9-12-3-1-2-4-13(12)10-18-15/h1-4,6,8,15,18H,5,7,9-11H2/t15-/m0/s1. The first-order valence-corrected chi connectivity index (χ1v) is 8.33. The van der Waals surface area contributed by atoms with Crippen molar-refractivity contribution in [3.63, 3.8) is 0 Å². The van der Waals surface area contributed by atoms with Crippen molar-refractivity contribution in [1.82, 2.24) is 10.2 Å². The molecule has 2 aromatic rings. The van der Waals surface area contributed by atoms with Crippen LogP contribution in [0.3, 0.4) is 0 Å². The number of hydrogen-bond acceptors (Lipinski definition) is 3. The molecule has 3 heterocycles. The molecule has 2 aliphatic rings. The van der Waals surface area contributed by atoms with Crippen LogP contribution < -0.4 is 5.32 Å². The second-order valence-electron chi connectivity index (χ2n) is 5.79. The molecular weight excluding hydrogens is 280 g/mol. The van der Waals surface area contributed by atoms with Crippen molar-refractivity contribution in [3.8, 4) is 0 Å². The van der Waals surface area contributed by atoms with E-state index in [-0.39, 0.29) is 11.9 Å². The molecule has 1 atom stereocenters. The smallest absolute Gasteiger partial charge is 0.240 e. The minimum Gasteiger partial charge on any atom is -0.337 e. The van der Waals surface area contributed by atoms with E-state index in [9.17, 15) is 4.79 Å². The van der Waals surface area contributed by atoms with Gasteiger partial charge in [0.05, 0.1) is 6.04 Å². The largest absolute Gasteiger partial charge is 0.337 e. The Morgan fingerprint density at radius 3 is 2.95 bits per heavy atom. The van der Waals surface area contributed by atoms with Crippen LogP contribution in [0.15, 0.2) is 35.7 Å². The van der Waals surface area contributed by atoms with E-state index in [1.165, 1.54) is 21.6 Å². The third-order valence-corrected chi connectivity index (χ3v) is 5.52. The highest BCUT2D eigenvalue weighted by Gasteiger charge is 2.30. The topological polar surface area (TPSA) is 32.3 Å². The highest BCUT2D eigenvalue weighted by molar-refractivity contribution is 7.10. The van der Waals surface area contributed by atoms with Crippen LogP contribution in [0.5, 0.6) is 0 Å². The fourth-order valence-corrected chi connectivity index (χ4v) is 4.18. The Balaban J connectivity index is 1.49. The summed E-state index contributed by atoms with van der Waals surface area (Å²) in [5.41, 5.74) is 3.96. The molecular formula is C17H18N2OS. The molecule has 1 aromatic carbocycles. The summed E-state index contributed by atoms with van der Waals surface area (Å²) in [6, 6.07) is 10.5. The SMILES string of the molecule is O=C([C@@H]1Cc2ccccc2CN1)N1CCc2sccc2C1. The summed E-state index contributed by atoms with van der Waals surface area (Å²) in [6.07, 6.45) is 1.81. The first-order chi connectivity index (χ1) is 10.3. The van der Waals surface area contributed by atoms with Crippen molar-refractivity contribution < 1.29 is 4.79 Å². The van der Waals surface area contributed by atoms with E-state index in [0.29, 0.717) is 0 Å². The first-order valence-electron chi connectivity index (χ1n) is 7.45. The fraction of sp³-hybridized carbons (Fsp3) is 0.353. The lowest BCUT2D eigenvalue weighted by atomic mass is 9.94. The fourth-order valence-electron chi connectivity index (χ4n) is 3.29. The van der Waals surface area contributed by atoms with Crippen LogP contribution in [0.2, 0.25) is 0 Å². The lowest BCUT2D eigenvalue weighted by Crippen LogP contribution is -2.50. The lowest BCUT2D eigenvalue weighted by Gasteiger charge is -2.33. The molecule has 0 unspecified atom stereocenters. The Kier molecular flexibility index (Phi) is 3.28. The Morgan fingerprint density at radius 2 is 2.05 bits per heavy atom. The molecule has 0 saturated heterocycles. The molecule has 4 heteroatoms. The maximum atomic E-state index is 12.8. The summed E-state index contributed by atoms with van der Waals surface area (Å²) in [7, 11) is 0. The second kappa shape index (κ2) is 5.28. The number of rotatable bonds is 1. The summed E-state index contributed by atoms with van der Waals surface area (Å²) in [4.78, 5) is 16.2. The molecule has 3 nitrogen and oxygen atoms in total. The summed E-state index contributed by atoms with van der Waals surface area (Å²) in [6.45, 7) is 2.42. The number of nitrogens with zero attached hydrogens (tertiary/aromatic N) is 1. The summed E-state index contributed by atoms with van der Waals surface area (Å²) in [5, 5.41) is 5.53. The molecule has 0 saturated carbocycles. The normalized spacial score (nSPS) is 20.8. The van der Waals surface area contributed by atoms with E-state index in [2.05, 4.69) is 41.0 Å². The van der Waals surface area contributed by atoms with Crippen LogP contribution >= 0.6 is 11.3 Å². The van der Waals surface area contributed by atoms with Crippen LogP contribution in [0.25, 0.3) is 0 Å². The Bertz CT molecular complexity index is 679. The van der Waals surface area contributed by atoms with Gasteiger partial charge in [0.15, 0.2) is 0 Å². The number of nitrogens with one attached hydrogen (secondary N) is 1. The average Bonchev–Trinajstić information content (AvgIpc) is 3.01. The van der Waals surface area contributed by atoms with Crippen molar-refractivity contribution in [1.29, 1.82) is 0 Å². The molecule has 108 valence electrons. The average molecular weight is 298 g/mol. The highest BCUT2D eigenvalue weighted by Crippen LogP contribution is 2.25. The van der Waals surface area contributed by atoms with Crippen molar-refractivity contribution in [2.45, 2.75) is 32.0 Å². The lowest BCUT2D eigenvalue weighted by molar-refractivity contribution is -0.134. The molecule has 0 fully saturated rings. The third-order valence-electron chi connectivity index (χ3n) is 4.50. The zero-order chi connectivity index (χ0) is 14.2. The molecule has 1 N–H and O–H groups in total. The number of carbonyl (C=O) groups is 1. The minimum absolute atomic E-state index is 0.0694. The van der Waals surface area contributed by atoms with Gasteiger partial charge in [0.25, 0.3) is 0 Å². The summed E-state index contributed by atoms with van der Waals surface area (Å²) < 4.78 is 0. The predicted molar refractivity (Wildman–Crippen MR) is 84.2 cm³/mol. The van der Waals surface area contributed by atoms with Gasteiger partial charge < -0.3 is 10.2 Å². The van der Waals surface area contributed by atoms with Crippen molar-refractivity contribution in [3.05, 3.63) is 57.3 Å². The van der Waals surface area contributed by atoms with Crippen molar-refractivity contribution in [2.24, 2.45) is 0 Å². The molecule has 0 aliphatic carbocycles. The minimum atomic E-state index is -0.0694. The van der Waals surface area contributed by atoms with Crippen molar-refractivity contribution in [2.75, 3.05) is 6.54 Å². The number of benzene rings is 1. The van der Waals surface area contributed by atoms with Crippen LogP contribution in [-0.2, 0) is 30.7 Å². The van der Waals surface area contributed by atoms with Gasteiger partial charge in [-0.1, -0.05) is 24.3 Å². The molecule has 1 aromatic heterocycles. The monoisotopic (exact) mass is 298 g/mol. The number of thiophene rings is 1. The van der Waals surface area contributed by atoms with Gasteiger partial charge in [0.1, 0.15) is 0 Å². The maximum absolute atomic E-state index is 12.8. The quantitative estimate of drug-likeness (QED) is 0.876. The van der Waals surface area contributed by atoms with Gasteiger partial charge in [-0.3, -0.25) is 4.79 Å². The third kappa shape index (κ3) is 2.39. The molecule has 4 rings (SSSR count). The predicted octanol–water partition coefficient (Wildman–Crippen LogP) is 2.35. The maximum Gasteiger partial charge on any atom is 0.240 e. The van der Waals surface area contributed by atoms with E-state index in [4.69, 9.17) is 0 Å².